The summed E-state index contributed by atoms with van der Waals surface area (Å²) in [6, 6.07) is -0.808. The molecule has 1 N–H and O–H groups in total. The maximum absolute atomic E-state index is 12.8. The third-order valence-electron chi connectivity index (χ3n) is 4.13. The number of nitrogens with one attached hydrogen (secondary N) is 1. The van der Waals surface area contributed by atoms with Crippen molar-refractivity contribution in [3.63, 3.8) is 0 Å². The molecule has 3 unspecified atom stereocenters. The fourth-order valence-electron chi connectivity index (χ4n) is 3.10. The molecule has 5 heteroatoms. The van der Waals surface area contributed by atoms with Crippen molar-refractivity contribution in [3.05, 3.63) is 0 Å². The predicted octanol–water partition coefficient (Wildman–Crippen LogP) is 1.17. The molecular weight excluding hydrogens is 256 g/mol. The summed E-state index contributed by atoms with van der Waals surface area (Å²) in [5.74, 6) is 0.0925. The van der Waals surface area contributed by atoms with Gasteiger partial charge in [-0.1, -0.05) is 34.6 Å². The van der Waals surface area contributed by atoms with Gasteiger partial charge >= 0.3 is 0 Å². The fraction of sp³-hybridized carbons (Fsp3) is 0.867. The van der Waals surface area contributed by atoms with Crippen molar-refractivity contribution in [3.8, 4) is 0 Å². The van der Waals surface area contributed by atoms with Crippen LogP contribution in [0.25, 0.3) is 0 Å². The maximum atomic E-state index is 12.8. The van der Waals surface area contributed by atoms with Crippen LogP contribution in [0.4, 0.5) is 0 Å². The van der Waals surface area contributed by atoms with Gasteiger partial charge in [-0.3, -0.25) is 9.59 Å². The van der Waals surface area contributed by atoms with Crippen molar-refractivity contribution >= 4 is 11.8 Å². The van der Waals surface area contributed by atoms with Crippen LogP contribution < -0.4 is 5.32 Å². The second-order valence-corrected chi connectivity index (χ2v) is 7.26. The van der Waals surface area contributed by atoms with E-state index in [0.29, 0.717) is 13.2 Å². The molecule has 0 bridgehead atoms. The van der Waals surface area contributed by atoms with Crippen LogP contribution in [-0.2, 0) is 14.3 Å². The maximum Gasteiger partial charge on any atom is 0.246 e. The van der Waals surface area contributed by atoms with Crippen LogP contribution >= 0.6 is 0 Å². The molecule has 2 aliphatic heterocycles. The van der Waals surface area contributed by atoms with Crippen molar-refractivity contribution in [2.24, 2.45) is 11.3 Å². The van der Waals surface area contributed by atoms with E-state index in [9.17, 15) is 9.59 Å². The number of rotatable bonds is 2. The van der Waals surface area contributed by atoms with Crippen molar-refractivity contribution in [1.82, 2.24) is 10.2 Å². The Bertz CT molecular complexity index is 394. The number of hydrogen-bond donors (Lipinski definition) is 1. The van der Waals surface area contributed by atoms with E-state index in [1.165, 1.54) is 0 Å². The smallest absolute Gasteiger partial charge is 0.246 e. The van der Waals surface area contributed by atoms with E-state index in [0.717, 1.165) is 6.42 Å². The lowest BCUT2D eigenvalue weighted by Crippen LogP contribution is -2.70. The third kappa shape index (κ3) is 2.68. The molecule has 0 radical (unpaired) electrons. The van der Waals surface area contributed by atoms with Gasteiger partial charge in [-0.2, -0.15) is 0 Å². The molecule has 0 aromatic heterocycles. The van der Waals surface area contributed by atoms with Crippen molar-refractivity contribution in [2.75, 3.05) is 13.2 Å². The van der Waals surface area contributed by atoms with Crippen molar-refractivity contribution < 1.29 is 14.3 Å². The molecule has 0 aromatic carbocycles. The Labute approximate surface area is 121 Å². The highest BCUT2D eigenvalue weighted by molar-refractivity contribution is 5.97. The second-order valence-electron chi connectivity index (χ2n) is 7.26. The van der Waals surface area contributed by atoms with Crippen molar-refractivity contribution in [2.45, 2.75) is 59.2 Å². The van der Waals surface area contributed by atoms with E-state index in [4.69, 9.17) is 4.74 Å². The Morgan fingerprint density at radius 3 is 2.40 bits per heavy atom. The van der Waals surface area contributed by atoms with E-state index in [1.807, 2.05) is 34.6 Å². The summed E-state index contributed by atoms with van der Waals surface area (Å²) in [5, 5.41) is 2.90. The van der Waals surface area contributed by atoms with Gasteiger partial charge in [-0.25, -0.2) is 0 Å². The van der Waals surface area contributed by atoms with Crippen LogP contribution in [-0.4, -0.2) is 48.1 Å². The van der Waals surface area contributed by atoms with E-state index in [2.05, 4.69) is 5.32 Å². The van der Waals surface area contributed by atoms with E-state index in [-0.39, 0.29) is 29.2 Å². The van der Waals surface area contributed by atoms with E-state index in [1.54, 1.807) is 4.90 Å². The Kier molecular flexibility index (Phi) is 4.09. The van der Waals surface area contributed by atoms with Crippen LogP contribution in [0.15, 0.2) is 0 Å². The number of ether oxygens (including phenoxy) is 1. The van der Waals surface area contributed by atoms with E-state index < -0.39 is 12.1 Å². The highest BCUT2D eigenvalue weighted by Crippen LogP contribution is 2.32. The molecule has 2 fully saturated rings. The van der Waals surface area contributed by atoms with Crippen LogP contribution in [0.5, 0.6) is 0 Å². The molecule has 2 rings (SSSR count). The fourth-order valence-corrected chi connectivity index (χ4v) is 3.10. The van der Waals surface area contributed by atoms with E-state index >= 15 is 0 Å². The summed E-state index contributed by atoms with van der Waals surface area (Å²) in [6.07, 6.45) is 0.816. The van der Waals surface area contributed by atoms with Gasteiger partial charge in [0.2, 0.25) is 11.8 Å². The highest BCUT2D eigenvalue weighted by atomic mass is 16.5. The van der Waals surface area contributed by atoms with Gasteiger partial charge in [0, 0.05) is 6.61 Å². The first kappa shape index (κ1) is 15.3. The summed E-state index contributed by atoms with van der Waals surface area (Å²) in [6.45, 7) is 11.1. The second kappa shape index (κ2) is 5.35. The average Bonchev–Trinajstić information content (AvgIpc) is 2.82. The quantitative estimate of drug-likeness (QED) is 0.827. The topological polar surface area (TPSA) is 58.6 Å². The third-order valence-corrected chi connectivity index (χ3v) is 4.13. The molecular formula is C15H26N2O3. The molecule has 2 amide bonds. The van der Waals surface area contributed by atoms with Gasteiger partial charge in [0.15, 0.2) is 0 Å². The molecule has 20 heavy (non-hydrogen) atoms. The molecule has 2 saturated heterocycles. The number of amides is 2. The minimum Gasteiger partial charge on any atom is -0.379 e. The minimum absolute atomic E-state index is 0.0269. The summed E-state index contributed by atoms with van der Waals surface area (Å²) < 4.78 is 5.43. The van der Waals surface area contributed by atoms with Gasteiger partial charge in [-0.05, 0) is 17.8 Å². The number of carbonyl (C=O) groups excluding carboxylic acids is 2. The molecule has 2 aliphatic rings. The lowest BCUT2D eigenvalue weighted by atomic mass is 9.81. The lowest BCUT2D eigenvalue weighted by Gasteiger charge is -2.47. The molecule has 2 heterocycles. The summed E-state index contributed by atoms with van der Waals surface area (Å²) in [7, 11) is 0. The predicted molar refractivity (Wildman–Crippen MR) is 76.1 cm³/mol. The normalized spacial score (nSPS) is 31.9. The minimum atomic E-state index is -0.420. The Morgan fingerprint density at radius 1 is 1.30 bits per heavy atom. The average molecular weight is 282 g/mol. The molecule has 3 atom stereocenters. The van der Waals surface area contributed by atoms with Gasteiger partial charge in [-0.15, -0.1) is 0 Å². The molecule has 114 valence electrons. The zero-order valence-electron chi connectivity index (χ0n) is 13.1. The largest absolute Gasteiger partial charge is 0.379 e. The first-order valence-corrected chi connectivity index (χ1v) is 7.43. The molecule has 0 spiro atoms. The first-order valence-electron chi connectivity index (χ1n) is 7.43. The first-order chi connectivity index (χ1) is 9.23. The molecule has 0 saturated carbocycles. The molecule has 0 aliphatic carbocycles. The number of carbonyl (C=O) groups is 2. The van der Waals surface area contributed by atoms with Gasteiger partial charge in [0.25, 0.3) is 0 Å². The Hall–Kier alpha value is -1.10. The number of nitrogens with zero attached hydrogens (tertiary/aromatic N) is 1. The zero-order valence-corrected chi connectivity index (χ0v) is 13.1. The van der Waals surface area contributed by atoms with Gasteiger partial charge in [0.1, 0.15) is 12.1 Å². The van der Waals surface area contributed by atoms with Crippen LogP contribution in [0, 0.1) is 11.3 Å². The SMILES string of the molecule is CC(C)C1NC(=O)C(C(C)(C)C)N(C2CCOC2)C1=O. The Morgan fingerprint density at radius 2 is 1.95 bits per heavy atom. The summed E-state index contributed by atoms with van der Waals surface area (Å²) in [4.78, 5) is 27.1. The van der Waals surface area contributed by atoms with Crippen LogP contribution in [0.1, 0.15) is 41.0 Å². The number of piperazine rings is 1. The standard InChI is InChI=1S/C15H26N2O3/c1-9(2)11-14(19)17(10-6-7-20-8-10)12(13(18)16-11)15(3,4)5/h9-12H,6-8H2,1-5H3,(H,16,18). The lowest BCUT2D eigenvalue weighted by molar-refractivity contribution is -0.158. The van der Waals surface area contributed by atoms with Gasteiger partial charge < -0.3 is 15.0 Å². The summed E-state index contributed by atoms with van der Waals surface area (Å²) in [5.41, 5.74) is -0.287. The number of hydrogen-bond acceptors (Lipinski definition) is 3. The Balaban J connectivity index is 2.35. The molecule has 0 aromatic rings. The van der Waals surface area contributed by atoms with Crippen LogP contribution in [0.2, 0.25) is 0 Å². The highest BCUT2D eigenvalue weighted by Gasteiger charge is 2.49. The van der Waals surface area contributed by atoms with Crippen molar-refractivity contribution in [1.29, 1.82) is 0 Å². The zero-order chi connectivity index (χ0) is 15.1. The molecule has 5 nitrogen and oxygen atoms in total. The monoisotopic (exact) mass is 282 g/mol. The summed E-state index contributed by atoms with van der Waals surface area (Å²) >= 11 is 0. The van der Waals surface area contributed by atoms with Crippen LogP contribution in [0.3, 0.4) is 0 Å². The van der Waals surface area contributed by atoms with Gasteiger partial charge in [0.05, 0.1) is 12.6 Å².